The van der Waals surface area contributed by atoms with E-state index >= 15 is 0 Å². The molecule has 53 heavy (non-hydrogen) atoms. The first-order valence-electron chi connectivity index (χ1n) is 22.4. The van der Waals surface area contributed by atoms with E-state index in [1.807, 2.05) is 6.08 Å². The Balaban J connectivity index is 3.81. The molecule has 0 spiro atoms. The van der Waals surface area contributed by atoms with Crippen LogP contribution >= 0.6 is 7.82 Å². The Morgan fingerprint density at radius 3 is 1.17 bits per heavy atom. The predicted molar refractivity (Wildman–Crippen MR) is 221 cm³/mol. The molecule has 0 aromatic rings. The topological polar surface area (TPSA) is 119 Å². The first-order chi connectivity index (χ1) is 25.8. The Labute approximate surface area is 327 Å². The zero-order chi connectivity index (χ0) is 38.9. The maximum Gasteiger partial charge on any atom is 0.469 e. The highest BCUT2D eigenvalue weighted by Crippen LogP contribution is 2.36. The summed E-state index contributed by atoms with van der Waals surface area (Å²) in [5.41, 5.74) is 0. The summed E-state index contributed by atoms with van der Waals surface area (Å²) in [7, 11) is -4.75. The van der Waals surface area contributed by atoms with E-state index in [0.717, 1.165) is 38.5 Å². The number of hydrogen-bond acceptors (Lipinski definition) is 6. The molecule has 1 atom stereocenters. The summed E-state index contributed by atoms with van der Waals surface area (Å²) in [4.78, 5) is 42.9. The minimum Gasteiger partial charge on any atom is -0.462 e. The Morgan fingerprint density at radius 1 is 0.509 bits per heavy atom. The molecule has 0 aliphatic carbocycles. The number of unbranched alkanes of at least 4 members (excludes halogenated alkanes) is 32. The Hall–Kier alpha value is -1.21. The van der Waals surface area contributed by atoms with Crippen LogP contribution in [0, 0.1) is 0 Å². The van der Waals surface area contributed by atoms with E-state index < -0.39 is 32.5 Å². The number of esters is 2. The third kappa shape index (κ3) is 43.4. The monoisotopic (exact) mass is 773 g/mol. The van der Waals surface area contributed by atoms with Crippen LogP contribution in [0.4, 0.5) is 0 Å². The van der Waals surface area contributed by atoms with E-state index in [1.54, 1.807) is 0 Å². The van der Waals surface area contributed by atoms with Crippen LogP contribution < -0.4 is 0 Å². The van der Waals surface area contributed by atoms with Crippen molar-refractivity contribution >= 4 is 19.8 Å². The third-order valence-electron chi connectivity index (χ3n) is 10.2. The average Bonchev–Trinajstić information content (AvgIpc) is 3.13. The molecule has 0 bridgehead atoms. The van der Waals surface area contributed by atoms with E-state index in [0.29, 0.717) is 6.42 Å². The molecular weight excluding hydrogens is 687 g/mol. The van der Waals surface area contributed by atoms with Crippen LogP contribution in [-0.2, 0) is 28.2 Å². The van der Waals surface area contributed by atoms with Gasteiger partial charge in [-0.15, -0.1) is 6.58 Å². The number of rotatable bonds is 43. The molecule has 0 aliphatic rings. The van der Waals surface area contributed by atoms with Gasteiger partial charge in [-0.3, -0.25) is 14.1 Å². The molecule has 0 heterocycles. The highest BCUT2D eigenvalue weighted by Gasteiger charge is 2.23. The van der Waals surface area contributed by atoms with E-state index in [4.69, 9.17) is 19.3 Å². The lowest BCUT2D eigenvalue weighted by molar-refractivity contribution is -0.161. The van der Waals surface area contributed by atoms with Gasteiger partial charge in [0.2, 0.25) is 0 Å². The van der Waals surface area contributed by atoms with Gasteiger partial charge in [0.25, 0.3) is 0 Å². The van der Waals surface area contributed by atoms with Crippen LogP contribution in [0.1, 0.15) is 238 Å². The van der Waals surface area contributed by atoms with Crippen molar-refractivity contribution in [1.82, 2.24) is 0 Å². The highest BCUT2D eigenvalue weighted by atomic mass is 31.2. The van der Waals surface area contributed by atoms with E-state index in [-0.39, 0.29) is 19.4 Å². The van der Waals surface area contributed by atoms with Crippen molar-refractivity contribution in [2.45, 2.75) is 244 Å². The minimum atomic E-state index is -4.75. The first-order valence-corrected chi connectivity index (χ1v) is 24.0. The van der Waals surface area contributed by atoms with Gasteiger partial charge in [0.15, 0.2) is 6.10 Å². The van der Waals surface area contributed by atoms with E-state index in [1.165, 1.54) is 173 Å². The fourth-order valence-corrected chi connectivity index (χ4v) is 7.19. The zero-order valence-corrected chi connectivity index (χ0v) is 35.4. The summed E-state index contributed by atoms with van der Waals surface area (Å²) >= 11 is 0. The quantitative estimate of drug-likeness (QED) is 0.0272. The lowest BCUT2D eigenvalue weighted by Gasteiger charge is -2.18. The Morgan fingerprint density at radius 2 is 0.830 bits per heavy atom. The molecular formula is C44H85O8P. The van der Waals surface area contributed by atoms with Crippen molar-refractivity contribution in [1.29, 1.82) is 0 Å². The molecule has 0 unspecified atom stereocenters. The molecule has 0 aromatic heterocycles. The predicted octanol–water partition coefficient (Wildman–Crippen LogP) is 13.8. The fraction of sp³-hybridized carbons (Fsp3) is 0.909. The van der Waals surface area contributed by atoms with Gasteiger partial charge in [0.1, 0.15) is 6.61 Å². The number of carbonyl (C=O) groups is 2. The van der Waals surface area contributed by atoms with E-state index in [9.17, 15) is 14.2 Å². The van der Waals surface area contributed by atoms with Crippen molar-refractivity contribution in [3.63, 3.8) is 0 Å². The van der Waals surface area contributed by atoms with Crippen LogP contribution in [0.2, 0.25) is 0 Å². The molecule has 0 fully saturated rings. The van der Waals surface area contributed by atoms with Crippen molar-refractivity contribution < 1.29 is 37.9 Å². The van der Waals surface area contributed by atoms with Gasteiger partial charge < -0.3 is 19.3 Å². The highest BCUT2D eigenvalue weighted by molar-refractivity contribution is 7.46. The molecule has 0 radical (unpaired) electrons. The molecule has 0 saturated carbocycles. The lowest BCUT2D eigenvalue weighted by atomic mass is 10.0. The number of hydrogen-bond donors (Lipinski definition) is 2. The first kappa shape index (κ1) is 51.8. The number of phosphoric ester groups is 1. The maximum atomic E-state index is 12.4. The second kappa shape index (κ2) is 40.5. The molecule has 8 nitrogen and oxygen atoms in total. The van der Waals surface area contributed by atoms with Gasteiger partial charge in [-0.05, 0) is 25.7 Å². The molecule has 314 valence electrons. The number of phosphoric acid groups is 1. The Kier molecular flexibility index (Phi) is 39.5. The number of ether oxygens (including phenoxy) is 2. The SMILES string of the molecule is C=CCCCCCCCCCCCCCCCC(=O)OC[C@H](COP(=O)(O)O)OC(=O)CCCCCCCCCCCCCCCCCCCCCC. The van der Waals surface area contributed by atoms with Crippen molar-refractivity contribution in [2.75, 3.05) is 13.2 Å². The summed E-state index contributed by atoms with van der Waals surface area (Å²) in [6, 6.07) is 0. The van der Waals surface area contributed by atoms with Gasteiger partial charge in [0, 0.05) is 12.8 Å². The van der Waals surface area contributed by atoms with E-state index in [2.05, 4.69) is 18.0 Å². The average molecular weight is 773 g/mol. The summed E-state index contributed by atoms with van der Waals surface area (Å²) in [5, 5.41) is 0. The largest absolute Gasteiger partial charge is 0.469 e. The zero-order valence-electron chi connectivity index (χ0n) is 34.5. The van der Waals surface area contributed by atoms with Gasteiger partial charge in [-0.1, -0.05) is 206 Å². The summed E-state index contributed by atoms with van der Waals surface area (Å²) in [6.07, 6.45) is 44.0. The van der Waals surface area contributed by atoms with Gasteiger partial charge in [-0.25, -0.2) is 4.57 Å². The minimum absolute atomic E-state index is 0.218. The van der Waals surface area contributed by atoms with Crippen LogP contribution in [0.15, 0.2) is 12.7 Å². The van der Waals surface area contributed by atoms with Crippen LogP contribution in [-0.4, -0.2) is 41.0 Å². The second-order valence-corrected chi connectivity index (χ2v) is 16.7. The van der Waals surface area contributed by atoms with Crippen molar-refractivity contribution in [3.8, 4) is 0 Å². The van der Waals surface area contributed by atoms with Gasteiger partial charge in [0.05, 0.1) is 6.61 Å². The normalized spacial score (nSPS) is 12.2. The summed E-state index contributed by atoms with van der Waals surface area (Å²) < 4.78 is 26.4. The number of allylic oxidation sites excluding steroid dienone is 1. The van der Waals surface area contributed by atoms with Crippen LogP contribution in [0.3, 0.4) is 0 Å². The molecule has 0 rings (SSSR count). The standard InChI is InChI=1S/C44H85O8P/c1-3-5-7-9-11-13-15-17-19-20-21-22-23-25-27-29-31-33-35-37-39-44(46)52-42(41-51-53(47,48)49)40-50-43(45)38-36-34-32-30-28-26-24-18-16-14-12-10-8-6-4-2/h4,42H,2-3,5-41H2,1H3,(H2,47,48,49)/t42-/m1/s1. The van der Waals surface area contributed by atoms with Crippen LogP contribution in [0.5, 0.6) is 0 Å². The summed E-state index contributed by atoms with van der Waals surface area (Å²) in [6.45, 7) is 5.24. The molecule has 0 amide bonds. The third-order valence-corrected chi connectivity index (χ3v) is 10.7. The fourth-order valence-electron chi connectivity index (χ4n) is 6.83. The van der Waals surface area contributed by atoms with Crippen molar-refractivity contribution in [3.05, 3.63) is 12.7 Å². The Bertz CT molecular complexity index is 860. The maximum absolute atomic E-state index is 12.4. The molecule has 2 N–H and O–H groups in total. The van der Waals surface area contributed by atoms with Crippen molar-refractivity contribution in [2.24, 2.45) is 0 Å². The summed E-state index contributed by atoms with van der Waals surface area (Å²) in [5.74, 6) is -0.872. The molecule has 0 aliphatic heterocycles. The number of carbonyl (C=O) groups excluding carboxylic acids is 2. The molecule has 0 saturated heterocycles. The smallest absolute Gasteiger partial charge is 0.462 e. The lowest BCUT2D eigenvalue weighted by Crippen LogP contribution is -2.29. The van der Waals surface area contributed by atoms with Crippen LogP contribution in [0.25, 0.3) is 0 Å². The molecule has 0 aromatic carbocycles. The van der Waals surface area contributed by atoms with Gasteiger partial charge in [-0.2, -0.15) is 0 Å². The molecule has 9 heteroatoms. The van der Waals surface area contributed by atoms with Gasteiger partial charge >= 0.3 is 19.8 Å². The second-order valence-electron chi connectivity index (χ2n) is 15.5.